The Morgan fingerprint density at radius 2 is 2.12 bits per heavy atom. The van der Waals surface area contributed by atoms with Gasteiger partial charge in [0, 0.05) is 48.7 Å². The van der Waals surface area contributed by atoms with Gasteiger partial charge in [-0.25, -0.2) is 0 Å². The quantitative estimate of drug-likeness (QED) is 0.699. The summed E-state index contributed by atoms with van der Waals surface area (Å²) in [6.45, 7) is 5.37. The Morgan fingerprint density at radius 3 is 2.92 bits per heavy atom. The molecule has 1 aliphatic heterocycles. The minimum absolute atomic E-state index is 0.436. The van der Waals surface area contributed by atoms with Crippen LogP contribution in [-0.4, -0.2) is 39.0 Å². The van der Waals surface area contributed by atoms with Crippen LogP contribution >= 0.6 is 15.9 Å². The predicted molar refractivity (Wildman–Crippen MR) is 108 cm³/mol. The Kier molecular flexibility index (Phi) is 5.13. The molecule has 4 heterocycles. The molecule has 2 atom stereocenters. The van der Waals surface area contributed by atoms with Crippen LogP contribution in [0.2, 0.25) is 0 Å². The number of halogens is 1. The molecule has 4 rings (SSSR count). The summed E-state index contributed by atoms with van der Waals surface area (Å²) in [6.07, 6.45) is 6.65. The first-order chi connectivity index (χ1) is 12.7. The van der Waals surface area contributed by atoms with Gasteiger partial charge in [-0.05, 0) is 52.5 Å². The normalized spacial score (nSPS) is 21.0. The third-order valence-electron chi connectivity index (χ3n) is 4.99. The van der Waals surface area contributed by atoms with Gasteiger partial charge in [-0.3, -0.25) is 19.9 Å². The van der Waals surface area contributed by atoms with Crippen molar-refractivity contribution in [3.8, 4) is 0 Å². The fourth-order valence-corrected chi connectivity index (χ4v) is 3.95. The molecule has 0 bridgehead atoms. The number of fused-ring (bicyclic) bond motifs is 1. The SMILES string of the molecule is CC1CN(Cc2ccccn2)CCC1Nc1ccnc2cc(Br)cnc12. The van der Waals surface area contributed by atoms with Gasteiger partial charge in [-0.1, -0.05) is 13.0 Å². The number of anilines is 1. The molecule has 2 unspecified atom stereocenters. The Morgan fingerprint density at radius 1 is 1.19 bits per heavy atom. The van der Waals surface area contributed by atoms with Gasteiger partial charge in [0.1, 0.15) is 5.52 Å². The summed E-state index contributed by atoms with van der Waals surface area (Å²) in [5.41, 5.74) is 4.04. The second-order valence-electron chi connectivity index (χ2n) is 6.95. The molecule has 1 aliphatic rings. The smallest absolute Gasteiger partial charge is 0.112 e. The highest BCUT2D eigenvalue weighted by Gasteiger charge is 2.26. The summed E-state index contributed by atoms with van der Waals surface area (Å²) in [5, 5.41) is 3.72. The van der Waals surface area contributed by atoms with Crippen LogP contribution in [0.4, 0.5) is 5.69 Å². The molecule has 0 spiro atoms. The molecule has 3 aromatic heterocycles. The van der Waals surface area contributed by atoms with Crippen molar-refractivity contribution in [1.82, 2.24) is 19.9 Å². The molecular weight excluding hydrogens is 390 g/mol. The van der Waals surface area contributed by atoms with Crippen LogP contribution in [0.25, 0.3) is 11.0 Å². The van der Waals surface area contributed by atoms with E-state index in [1.54, 1.807) is 0 Å². The van der Waals surface area contributed by atoms with Gasteiger partial charge in [0.05, 0.1) is 16.9 Å². The van der Waals surface area contributed by atoms with E-state index in [9.17, 15) is 0 Å². The number of rotatable bonds is 4. The molecule has 1 N–H and O–H groups in total. The maximum absolute atomic E-state index is 4.55. The van der Waals surface area contributed by atoms with Crippen LogP contribution in [0.5, 0.6) is 0 Å². The van der Waals surface area contributed by atoms with Crippen molar-refractivity contribution >= 4 is 32.7 Å². The zero-order chi connectivity index (χ0) is 17.9. The van der Waals surface area contributed by atoms with Crippen LogP contribution in [0, 0.1) is 5.92 Å². The van der Waals surface area contributed by atoms with Crippen molar-refractivity contribution in [2.24, 2.45) is 5.92 Å². The van der Waals surface area contributed by atoms with E-state index in [0.29, 0.717) is 12.0 Å². The molecule has 0 aromatic carbocycles. The average Bonchev–Trinajstić information content (AvgIpc) is 2.65. The van der Waals surface area contributed by atoms with Crippen molar-refractivity contribution in [1.29, 1.82) is 0 Å². The minimum Gasteiger partial charge on any atom is -0.380 e. The molecule has 0 radical (unpaired) electrons. The van der Waals surface area contributed by atoms with Gasteiger partial charge in [0.15, 0.2) is 0 Å². The van der Waals surface area contributed by atoms with Crippen molar-refractivity contribution in [2.75, 3.05) is 18.4 Å². The molecule has 0 amide bonds. The fourth-order valence-electron chi connectivity index (χ4n) is 3.63. The van der Waals surface area contributed by atoms with E-state index in [0.717, 1.165) is 52.9 Å². The van der Waals surface area contributed by atoms with Crippen molar-refractivity contribution in [3.63, 3.8) is 0 Å². The van der Waals surface area contributed by atoms with Crippen molar-refractivity contribution < 1.29 is 0 Å². The van der Waals surface area contributed by atoms with E-state index in [1.165, 1.54) is 0 Å². The van der Waals surface area contributed by atoms with Crippen LogP contribution in [0.1, 0.15) is 19.0 Å². The second-order valence-corrected chi connectivity index (χ2v) is 7.87. The lowest BCUT2D eigenvalue weighted by Gasteiger charge is -2.37. The Bertz CT molecular complexity index is 886. The molecule has 5 nitrogen and oxygen atoms in total. The lowest BCUT2D eigenvalue weighted by Crippen LogP contribution is -2.44. The molecule has 3 aromatic rings. The number of likely N-dealkylation sites (tertiary alicyclic amines) is 1. The van der Waals surface area contributed by atoms with Gasteiger partial charge in [-0.15, -0.1) is 0 Å². The topological polar surface area (TPSA) is 53.9 Å². The fraction of sp³-hybridized carbons (Fsp3) is 0.350. The summed E-state index contributed by atoms with van der Waals surface area (Å²) < 4.78 is 0.950. The van der Waals surface area contributed by atoms with E-state index in [4.69, 9.17) is 0 Å². The van der Waals surface area contributed by atoms with Crippen molar-refractivity contribution in [3.05, 3.63) is 59.1 Å². The van der Waals surface area contributed by atoms with Crippen LogP contribution < -0.4 is 5.32 Å². The molecule has 0 aliphatic carbocycles. The third kappa shape index (κ3) is 3.86. The zero-order valence-corrected chi connectivity index (χ0v) is 16.4. The molecule has 6 heteroatoms. The molecular formula is C20H22BrN5. The maximum Gasteiger partial charge on any atom is 0.112 e. The number of hydrogen-bond acceptors (Lipinski definition) is 5. The first-order valence-electron chi connectivity index (χ1n) is 8.98. The van der Waals surface area contributed by atoms with Crippen LogP contribution in [0.3, 0.4) is 0 Å². The first-order valence-corrected chi connectivity index (χ1v) is 9.77. The largest absolute Gasteiger partial charge is 0.380 e. The summed E-state index contributed by atoms with van der Waals surface area (Å²) >= 11 is 3.47. The minimum atomic E-state index is 0.436. The predicted octanol–water partition coefficient (Wildman–Crippen LogP) is 4.11. The first kappa shape index (κ1) is 17.4. The summed E-state index contributed by atoms with van der Waals surface area (Å²) in [4.78, 5) is 15.9. The monoisotopic (exact) mass is 411 g/mol. The average molecular weight is 412 g/mol. The highest BCUT2D eigenvalue weighted by atomic mass is 79.9. The van der Waals surface area contributed by atoms with E-state index >= 15 is 0 Å². The van der Waals surface area contributed by atoms with E-state index in [2.05, 4.69) is 60.2 Å². The lowest BCUT2D eigenvalue weighted by molar-refractivity contribution is 0.163. The molecule has 0 saturated carbocycles. The van der Waals surface area contributed by atoms with E-state index in [1.807, 2.05) is 36.8 Å². The summed E-state index contributed by atoms with van der Waals surface area (Å²) in [7, 11) is 0. The molecule has 26 heavy (non-hydrogen) atoms. The number of aromatic nitrogens is 3. The lowest BCUT2D eigenvalue weighted by atomic mass is 9.93. The summed E-state index contributed by atoms with van der Waals surface area (Å²) in [5.74, 6) is 0.547. The van der Waals surface area contributed by atoms with Gasteiger partial charge >= 0.3 is 0 Å². The number of hydrogen-bond donors (Lipinski definition) is 1. The third-order valence-corrected chi connectivity index (χ3v) is 5.42. The van der Waals surface area contributed by atoms with Crippen LogP contribution in [-0.2, 0) is 6.54 Å². The highest BCUT2D eigenvalue weighted by molar-refractivity contribution is 9.10. The van der Waals surface area contributed by atoms with Crippen molar-refractivity contribution in [2.45, 2.75) is 25.9 Å². The van der Waals surface area contributed by atoms with Gasteiger partial charge < -0.3 is 5.32 Å². The maximum atomic E-state index is 4.55. The Hall–Kier alpha value is -2.05. The van der Waals surface area contributed by atoms with Gasteiger partial charge in [0.25, 0.3) is 0 Å². The second kappa shape index (κ2) is 7.68. The van der Waals surface area contributed by atoms with E-state index < -0.39 is 0 Å². The molecule has 1 fully saturated rings. The van der Waals surface area contributed by atoms with Crippen LogP contribution in [0.15, 0.2) is 53.4 Å². The molecule has 1 saturated heterocycles. The molecule has 134 valence electrons. The Balaban J connectivity index is 1.44. The van der Waals surface area contributed by atoms with E-state index in [-0.39, 0.29) is 0 Å². The number of nitrogens with zero attached hydrogens (tertiary/aromatic N) is 4. The zero-order valence-electron chi connectivity index (χ0n) is 14.8. The van der Waals surface area contributed by atoms with Gasteiger partial charge in [0.2, 0.25) is 0 Å². The standard InChI is InChI=1S/C20H22BrN5/c1-14-12-26(13-16-4-2-3-7-22-16)9-6-17(14)25-18-5-8-23-19-10-15(21)11-24-20(18)19/h2-5,7-8,10-11,14,17H,6,9,12-13H2,1H3,(H,23,25). The summed E-state index contributed by atoms with van der Waals surface area (Å²) in [6, 6.07) is 10.6. The van der Waals surface area contributed by atoms with Gasteiger partial charge in [-0.2, -0.15) is 0 Å². The highest BCUT2D eigenvalue weighted by Crippen LogP contribution is 2.26. The Labute approximate surface area is 162 Å². The number of pyridine rings is 3. The number of nitrogens with one attached hydrogen (secondary N) is 1. The number of piperidine rings is 1.